The van der Waals surface area contributed by atoms with Gasteiger partial charge in [-0.1, -0.05) is 164 Å². The van der Waals surface area contributed by atoms with Crippen molar-refractivity contribution in [3.8, 4) is 39.1 Å². The van der Waals surface area contributed by atoms with Gasteiger partial charge < -0.3 is 13.9 Å². The molecule has 12 rings (SSSR count). The van der Waals surface area contributed by atoms with Gasteiger partial charge in [0.05, 0.1) is 22.1 Å². The average molecular weight is 779 g/mol. The second kappa shape index (κ2) is 14.3. The number of nitrogens with zero attached hydrogens (tertiary/aromatic N) is 2. The highest BCUT2D eigenvalue weighted by molar-refractivity contribution is 6.23. The summed E-state index contributed by atoms with van der Waals surface area (Å²) in [4.78, 5) is 2.38. The van der Waals surface area contributed by atoms with Gasteiger partial charge in [-0.05, 0) is 105 Å². The van der Waals surface area contributed by atoms with Crippen LogP contribution in [0.3, 0.4) is 0 Å². The minimum Gasteiger partial charge on any atom is -0.455 e. The second-order valence-corrected chi connectivity index (χ2v) is 15.7. The first-order valence-electron chi connectivity index (χ1n) is 20.8. The van der Waals surface area contributed by atoms with Crippen LogP contribution < -0.4 is 4.90 Å². The number of aromatic nitrogens is 1. The van der Waals surface area contributed by atoms with Crippen molar-refractivity contribution in [2.75, 3.05) is 4.90 Å². The molecular formula is C58H38N2O. The SMILES string of the molecule is c1ccc(-c2ccc(N(c3ccc(-c4ccccc4)cc3)c3cccc4oc5c6ccccc6c(-c6ccc7c8ccccc8n(-c8ccccc8)c7c6)cc5c34)cc2)cc1. The Bertz CT molecular complexity index is 3470. The van der Waals surface area contributed by atoms with Crippen molar-refractivity contribution in [3.63, 3.8) is 0 Å². The zero-order chi connectivity index (χ0) is 40.3. The van der Waals surface area contributed by atoms with E-state index in [1.165, 1.54) is 49.6 Å². The highest BCUT2D eigenvalue weighted by atomic mass is 16.3. The summed E-state index contributed by atoms with van der Waals surface area (Å²) >= 11 is 0. The number of anilines is 3. The maximum atomic E-state index is 6.93. The zero-order valence-electron chi connectivity index (χ0n) is 33.2. The number of rotatable bonds is 7. The highest BCUT2D eigenvalue weighted by Crippen LogP contribution is 2.47. The average Bonchev–Trinajstić information content (AvgIpc) is 3.89. The van der Waals surface area contributed by atoms with E-state index < -0.39 is 0 Å². The predicted molar refractivity (Wildman–Crippen MR) is 257 cm³/mol. The van der Waals surface area contributed by atoms with Crippen molar-refractivity contribution in [2.24, 2.45) is 0 Å². The Balaban J connectivity index is 1.09. The van der Waals surface area contributed by atoms with E-state index >= 15 is 0 Å². The van der Waals surface area contributed by atoms with Crippen LogP contribution >= 0.6 is 0 Å². The summed E-state index contributed by atoms with van der Waals surface area (Å²) in [6.45, 7) is 0. The van der Waals surface area contributed by atoms with Crippen LogP contribution in [0, 0.1) is 0 Å². The van der Waals surface area contributed by atoms with E-state index in [1.807, 2.05) is 0 Å². The molecule has 0 spiro atoms. The van der Waals surface area contributed by atoms with Crippen molar-refractivity contribution in [3.05, 3.63) is 231 Å². The molecule has 2 aromatic heterocycles. The standard InChI is InChI=1S/C58H38N2O/c1-4-15-39(16-5-1)41-27-32-45(33-28-41)59(46-34-29-42(30-35-46)40-17-6-2-7-18-40)54-25-14-26-56-57(54)52-38-51(47-21-10-11-23-50(47)58(52)61-56)43-31-36-49-48-22-12-13-24-53(48)60(55(49)37-43)44-19-8-3-9-20-44/h1-38H. The summed E-state index contributed by atoms with van der Waals surface area (Å²) in [6, 6.07) is 82.8. The van der Waals surface area contributed by atoms with Crippen LogP contribution in [0.25, 0.3) is 93.6 Å². The van der Waals surface area contributed by atoms with Crippen molar-refractivity contribution in [1.29, 1.82) is 0 Å². The van der Waals surface area contributed by atoms with E-state index in [2.05, 4.69) is 240 Å². The Hall–Kier alpha value is -8.14. The molecule has 0 N–H and O–H groups in total. The molecule has 0 saturated carbocycles. The van der Waals surface area contributed by atoms with Crippen molar-refractivity contribution < 1.29 is 4.42 Å². The minimum atomic E-state index is 0.848. The fraction of sp³-hybridized carbons (Fsp3) is 0. The van der Waals surface area contributed by atoms with Crippen LogP contribution in [0.2, 0.25) is 0 Å². The molecule has 286 valence electrons. The lowest BCUT2D eigenvalue weighted by Crippen LogP contribution is -2.10. The second-order valence-electron chi connectivity index (χ2n) is 15.7. The molecule has 3 heteroatoms. The van der Waals surface area contributed by atoms with E-state index in [1.54, 1.807) is 0 Å². The lowest BCUT2D eigenvalue weighted by molar-refractivity contribution is 0.672. The first kappa shape index (κ1) is 34.9. The minimum absolute atomic E-state index is 0.848. The maximum Gasteiger partial charge on any atom is 0.143 e. The van der Waals surface area contributed by atoms with Crippen LogP contribution in [-0.2, 0) is 0 Å². The van der Waals surface area contributed by atoms with Gasteiger partial charge in [-0.15, -0.1) is 0 Å². The summed E-state index contributed by atoms with van der Waals surface area (Å²) in [5.41, 5.74) is 15.5. The molecular weight excluding hydrogens is 741 g/mol. The summed E-state index contributed by atoms with van der Waals surface area (Å²) in [5.74, 6) is 0. The summed E-state index contributed by atoms with van der Waals surface area (Å²) in [5, 5.41) is 6.87. The van der Waals surface area contributed by atoms with Gasteiger partial charge in [0.2, 0.25) is 0 Å². The van der Waals surface area contributed by atoms with Gasteiger partial charge >= 0.3 is 0 Å². The van der Waals surface area contributed by atoms with Crippen LogP contribution in [0.5, 0.6) is 0 Å². The largest absolute Gasteiger partial charge is 0.455 e. The third kappa shape index (κ3) is 5.82. The Morgan fingerprint density at radius 3 is 1.52 bits per heavy atom. The zero-order valence-corrected chi connectivity index (χ0v) is 33.2. The molecule has 0 aliphatic heterocycles. The lowest BCUT2D eigenvalue weighted by atomic mass is 9.94. The molecule has 61 heavy (non-hydrogen) atoms. The predicted octanol–water partition coefficient (Wildman–Crippen LogP) is 16.3. The van der Waals surface area contributed by atoms with Gasteiger partial charge in [0.15, 0.2) is 0 Å². The monoisotopic (exact) mass is 778 g/mol. The van der Waals surface area contributed by atoms with Crippen molar-refractivity contribution >= 4 is 71.6 Å². The molecule has 0 radical (unpaired) electrons. The Labute approximate surface area is 353 Å². The molecule has 3 nitrogen and oxygen atoms in total. The quantitative estimate of drug-likeness (QED) is 0.161. The van der Waals surface area contributed by atoms with Gasteiger partial charge in [0, 0.05) is 38.6 Å². The molecule has 10 aromatic carbocycles. The third-order valence-electron chi connectivity index (χ3n) is 12.2. The number of fused-ring (bicyclic) bond motifs is 8. The Morgan fingerprint density at radius 1 is 0.344 bits per heavy atom. The molecule has 0 bridgehead atoms. The van der Waals surface area contributed by atoms with E-state index in [0.29, 0.717) is 0 Å². The number of hydrogen-bond donors (Lipinski definition) is 0. The van der Waals surface area contributed by atoms with E-state index in [9.17, 15) is 0 Å². The van der Waals surface area contributed by atoms with E-state index in [-0.39, 0.29) is 0 Å². The van der Waals surface area contributed by atoms with E-state index in [4.69, 9.17) is 4.42 Å². The van der Waals surface area contributed by atoms with Crippen LogP contribution in [-0.4, -0.2) is 4.57 Å². The number of hydrogen-bond acceptors (Lipinski definition) is 2. The Kier molecular flexibility index (Phi) is 8.17. The molecule has 0 atom stereocenters. The van der Waals surface area contributed by atoms with Crippen molar-refractivity contribution in [2.45, 2.75) is 0 Å². The first-order chi connectivity index (χ1) is 30.3. The topological polar surface area (TPSA) is 21.3 Å². The van der Waals surface area contributed by atoms with Gasteiger partial charge in [0.1, 0.15) is 11.2 Å². The van der Waals surface area contributed by atoms with Gasteiger partial charge in [-0.2, -0.15) is 0 Å². The summed E-state index contributed by atoms with van der Waals surface area (Å²) in [6.07, 6.45) is 0. The van der Waals surface area contributed by atoms with Gasteiger partial charge in [-0.3, -0.25) is 0 Å². The molecule has 0 saturated heterocycles. The highest BCUT2D eigenvalue weighted by Gasteiger charge is 2.23. The maximum absolute atomic E-state index is 6.93. The third-order valence-corrected chi connectivity index (χ3v) is 12.2. The summed E-state index contributed by atoms with van der Waals surface area (Å²) < 4.78 is 9.32. The molecule has 0 aliphatic carbocycles. The molecule has 0 aliphatic rings. The molecule has 0 amide bonds. The van der Waals surface area contributed by atoms with E-state index in [0.717, 1.165) is 61.0 Å². The molecule has 0 unspecified atom stereocenters. The molecule has 2 heterocycles. The van der Waals surface area contributed by atoms with Crippen molar-refractivity contribution in [1.82, 2.24) is 4.57 Å². The van der Waals surface area contributed by atoms with Gasteiger partial charge in [0.25, 0.3) is 0 Å². The molecule has 0 fully saturated rings. The molecule has 12 aromatic rings. The van der Waals surface area contributed by atoms with Crippen LogP contribution in [0.15, 0.2) is 235 Å². The fourth-order valence-corrected chi connectivity index (χ4v) is 9.34. The first-order valence-corrected chi connectivity index (χ1v) is 20.8. The van der Waals surface area contributed by atoms with Gasteiger partial charge in [-0.25, -0.2) is 0 Å². The lowest BCUT2D eigenvalue weighted by Gasteiger charge is -2.26. The van der Waals surface area contributed by atoms with Crippen LogP contribution in [0.4, 0.5) is 17.1 Å². The summed E-state index contributed by atoms with van der Waals surface area (Å²) in [7, 11) is 0. The number of furan rings is 1. The smallest absolute Gasteiger partial charge is 0.143 e. The van der Waals surface area contributed by atoms with Crippen LogP contribution in [0.1, 0.15) is 0 Å². The number of para-hydroxylation sites is 2. The Morgan fingerprint density at radius 2 is 0.869 bits per heavy atom. The fourth-order valence-electron chi connectivity index (χ4n) is 9.34. The normalized spacial score (nSPS) is 11.6. The number of benzene rings is 10.